The van der Waals surface area contributed by atoms with Crippen molar-refractivity contribution in [1.82, 2.24) is 5.32 Å². The van der Waals surface area contributed by atoms with Crippen LogP contribution in [0.25, 0.3) is 0 Å². The van der Waals surface area contributed by atoms with Gasteiger partial charge in [0.15, 0.2) is 6.61 Å². The Bertz CT molecular complexity index is 768. The summed E-state index contributed by atoms with van der Waals surface area (Å²) in [5, 5.41) is 23.8. The quantitative estimate of drug-likeness (QED) is 0.563. The molecule has 1 atom stereocenters. The van der Waals surface area contributed by atoms with Gasteiger partial charge >= 0.3 is 0 Å². The van der Waals surface area contributed by atoms with Gasteiger partial charge < -0.3 is 15.2 Å². The molecule has 0 aromatic heterocycles. The fourth-order valence-electron chi connectivity index (χ4n) is 1.93. The Hall–Kier alpha value is -2.35. The molecule has 7 nitrogen and oxygen atoms in total. The first kappa shape index (κ1) is 19.0. The lowest BCUT2D eigenvalue weighted by molar-refractivity contribution is -0.384. The summed E-state index contributed by atoms with van der Waals surface area (Å²) in [7, 11) is 0. The molecule has 2 aromatic rings. The highest BCUT2D eigenvalue weighted by atomic mass is 35.5. The van der Waals surface area contributed by atoms with E-state index in [-0.39, 0.29) is 24.6 Å². The van der Waals surface area contributed by atoms with Gasteiger partial charge in [-0.15, -0.1) is 0 Å². The van der Waals surface area contributed by atoms with E-state index < -0.39 is 16.9 Å². The number of carbonyl (C=O) groups is 1. The standard InChI is InChI=1S/C16H14Cl2N2O5/c17-11-3-6-13(18)15(7-11)25-9-16(22)19-8-14(21)10-1-4-12(5-2-10)20(23)24/h1-7,14,21H,8-9H2,(H,19,22)/t14-/m1/s1. The number of nitrogens with zero attached hydrogens (tertiary/aromatic N) is 1. The van der Waals surface area contributed by atoms with Crippen molar-refractivity contribution in [1.29, 1.82) is 0 Å². The molecule has 2 rings (SSSR count). The van der Waals surface area contributed by atoms with Crippen molar-refractivity contribution in [2.45, 2.75) is 6.10 Å². The van der Waals surface area contributed by atoms with Crippen molar-refractivity contribution in [3.8, 4) is 5.75 Å². The molecule has 0 fully saturated rings. The normalized spacial score (nSPS) is 11.6. The molecule has 0 saturated heterocycles. The van der Waals surface area contributed by atoms with E-state index in [1.807, 2.05) is 0 Å². The number of nitro groups is 1. The number of aliphatic hydroxyl groups excluding tert-OH is 1. The number of ether oxygens (including phenoxy) is 1. The Kier molecular flexibility index (Phi) is 6.58. The minimum atomic E-state index is -1.00. The summed E-state index contributed by atoms with van der Waals surface area (Å²) in [5.41, 5.74) is 0.372. The Balaban J connectivity index is 1.82. The van der Waals surface area contributed by atoms with Crippen molar-refractivity contribution < 1.29 is 19.6 Å². The first-order valence-corrected chi connectivity index (χ1v) is 7.89. The second kappa shape index (κ2) is 8.66. The van der Waals surface area contributed by atoms with Gasteiger partial charge in [0.25, 0.3) is 11.6 Å². The van der Waals surface area contributed by atoms with Gasteiger partial charge in [0, 0.05) is 29.8 Å². The molecule has 0 unspecified atom stereocenters. The Morgan fingerprint density at radius 2 is 1.92 bits per heavy atom. The highest BCUT2D eigenvalue weighted by Gasteiger charge is 2.12. The Morgan fingerprint density at radius 3 is 2.56 bits per heavy atom. The summed E-state index contributed by atoms with van der Waals surface area (Å²) in [6, 6.07) is 10.1. The average Bonchev–Trinajstić information content (AvgIpc) is 2.60. The zero-order valence-corrected chi connectivity index (χ0v) is 14.3. The Labute approximate surface area is 153 Å². The maximum Gasteiger partial charge on any atom is 0.269 e. The summed E-state index contributed by atoms with van der Waals surface area (Å²) in [4.78, 5) is 21.8. The molecular formula is C16H14Cl2N2O5. The van der Waals surface area contributed by atoms with Crippen molar-refractivity contribution in [3.63, 3.8) is 0 Å². The van der Waals surface area contributed by atoms with Crippen LogP contribution in [0.3, 0.4) is 0 Å². The third-order valence-corrected chi connectivity index (χ3v) is 3.78. The predicted octanol–water partition coefficient (Wildman–Crippen LogP) is 3.13. The van der Waals surface area contributed by atoms with Gasteiger partial charge in [0.1, 0.15) is 5.75 Å². The van der Waals surface area contributed by atoms with Crippen LogP contribution in [0.15, 0.2) is 42.5 Å². The van der Waals surface area contributed by atoms with Gasteiger partial charge in [-0.25, -0.2) is 0 Å². The maximum atomic E-state index is 11.8. The van der Waals surface area contributed by atoms with Gasteiger partial charge in [-0.3, -0.25) is 14.9 Å². The molecule has 0 aliphatic carbocycles. The van der Waals surface area contributed by atoms with E-state index in [0.29, 0.717) is 15.6 Å². The van der Waals surface area contributed by atoms with Crippen molar-refractivity contribution in [2.75, 3.05) is 13.2 Å². The van der Waals surface area contributed by atoms with Crippen LogP contribution in [0, 0.1) is 10.1 Å². The number of hydrogen-bond acceptors (Lipinski definition) is 5. The summed E-state index contributed by atoms with van der Waals surface area (Å²) in [6.07, 6.45) is -1.00. The van der Waals surface area contributed by atoms with E-state index in [4.69, 9.17) is 27.9 Å². The number of non-ortho nitro benzene ring substituents is 1. The second-order valence-corrected chi connectivity index (χ2v) is 5.88. The van der Waals surface area contributed by atoms with Crippen LogP contribution >= 0.6 is 23.2 Å². The molecule has 9 heteroatoms. The number of benzene rings is 2. The zero-order valence-electron chi connectivity index (χ0n) is 12.8. The smallest absolute Gasteiger partial charge is 0.269 e. The number of nitrogens with one attached hydrogen (secondary N) is 1. The number of rotatable bonds is 7. The highest BCUT2D eigenvalue weighted by molar-refractivity contribution is 6.34. The third kappa shape index (κ3) is 5.60. The summed E-state index contributed by atoms with van der Waals surface area (Å²) >= 11 is 11.7. The predicted molar refractivity (Wildman–Crippen MR) is 93.0 cm³/mol. The van der Waals surface area contributed by atoms with Crippen LogP contribution in [0.4, 0.5) is 5.69 Å². The minimum Gasteiger partial charge on any atom is -0.482 e. The molecular weight excluding hydrogens is 371 g/mol. The van der Waals surface area contributed by atoms with E-state index in [0.717, 1.165) is 0 Å². The van der Waals surface area contributed by atoms with E-state index in [9.17, 15) is 20.0 Å². The minimum absolute atomic E-state index is 0.0662. The fraction of sp³-hybridized carbons (Fsp3) is 0.188. The molecule has 0 saturated carbocycles. The Morgan fingerprint density at radius 1 is 1.24 bits per heavy atom. The number of nitro benzene ring substituents is 1. The molecule has 0 bridgehead atoms. The lowest BCUT2D eigenvalue weighted by Crippen LogP contribution is -2.32. The van der Waals surface area contributed by atoms with E-state index >= 15 is 0 Å². The first-order valence-electron chi connectivity index (χ1n) is 7.14. The molecule has 2 N–H and O–H groups in total. The second-order valence-electron chi connectivity index (χ2n) is 5.03. The molecule has 0 spiro atoms. The van der Waals surface area contributed by atoms with Gasteiger partial charge in [-0.05, 0) is 29.8 Å². The van der Waals surface area contributed by atoms with Gasteiger partial charge in [-0.2, -0.15) is 0 Å². The van der Waals surface area contributed by atoms with Crippen LogP contribution in [-0.4, -0.2) is 29.1 Å². The lowest BCUT2D eigenvalue weighted by atomic mass is 10.1. The van der Waals surface area contributed by atoms with E-state index in [1.54, 1.807) is 12.1 Å². The third-order valence-electron chi connectivity index (χ3n) is 3.23. The van der Waals surface area contributed by atoms with Crippen molar-refractivity contribution >= 4 is 34.8 Å². The van der Waals surface area contributed by atoms with Gasteiger partial charge in [-0.1, -0.05) is 23.2 Å². The number of carbonyl (C=O) groups excluding carboxylic acids is 1. The highest BCUT2D eigenvalue weighted by Crippen LogP contribution is 2.27. The number of aliphatic hydroxyl groups is 1. The van der Waals surface area contributed by atoms with E-state index in [2.05, 4.69) is 5.32 Å². The van der Waals surface area contributed by atoms with Crippen molar-refractivity contribution in [3.05, 3.63) is 68.2 Å². The molecule has 1 amide bonds. The van der Waals surface area contributed by atoms with Crippen LogP contribution in [0.5, 0.6) is 5.75 Å². The molecule has 132 valence electrons. The maximum absolute atomic E-state index is 11.8. The number of halogens is 2. The molecule has 0 aliphatic heterocycles. The van der Waals surface area contributed by atoms with Crippen molar-refractivity contribution in [2.24, 2.45) is 0 Å². The van der Waals surface area contributed by atoms with Crippen LogP contribution in [-0.2, 0) is 4.79 Å². The largest absolute Gasteiger partial charge is 0.482 e. The molecule has 0 aliphatic rings. The molecule has 0 heterocycles. The van der Waals surface area contributed by atoms with Gasteiger partial charge in [0.05, 0.1) is 16.0 Å². The topological polar surface area (TPSA) is 102 Å². The number of hydrogen-bond donors (Lipinski definition) is 2. The summed E-state index contributed by atoms with van der Waals surface area (Å²) in [6.45, 7) is -0.365. The average molecular weight is 385 g/mol. The van der Waals surface area contributed by atoms with Crippen LogP contribution in [0.2, 0.25) is 10.0 Å². The summed E-state index contributed by atoms with van der Waals surface area (Å²) < 4.78 is 5.27. The van der Waals surface area contributed by atoms with Crippen LogP contribution in [0.1, 0.15) is 11.7 Å². The summed E-state index contributed by atoms with van der Waals surface area (Å²) in [5.74, 6) is -0.183. The zero-order chi connectivity index (χ0) is 18.4. The molecule has 25 heavy (non-hydrogen) atoms. The molecule has 0 radical (unpaired) electrons. The molecule has 2 aromatic carbocycles. The van der Waals surface area contributed by atoms with E-state index in [1.165, 1.54) is 30.3 Å². The fourth-order valence-corrected chi connectivity index (χ4v) is 2.26. The number of amides is 1. The van der Waals surface area contributed by atoms with Gasteiger partial charge in [0.2, 0.25) is 0 Å². The van der Waals surface area contributed by atoms with Crippen LogP contribution < -0.4 is 10.1 Å². The lowest BCUT2D eigenvalue weighted by Gasteiger charge is -2.13. The monoisotopic (exact) mass is 384 g/mol. The first-order chi connectivity index (χ1) is 11.9. The SMILES string of the molecule is O=C(COc1cc(Cl)ccc1Cl)NC[C@@H](O)c1ccc([N+](=O)[O-])cc1.